The first-order valence-electron chi connectivity index (χ1n) is 7.26. The van der Waals surface area contributed by atoms with E-state index in [4.69, 9.17) is 16.3 Å². The first-order valence-corrected chi connectivity index (χ1v) is 9.23. The first-order chi connectivity index (χ1) is 10.0. The maximum Gasteiger partial charge on any atom is 0.246 e. The highest BCUT2D eigenvalue weighted by atomic mass is 35.5. The number of hydrogen-bond donors (Lipinski definition) is 0. The van der Waals surface area contributed by atoms with E-state index in [-0.39, 0.29) is 4.90 Å². The third-order valence-corrected chi connectivity index (χ3v) is 5.85. The topological polar surface area (TPSA) is 46.6 Å². The third kappa shape index (κ3) is 3.90. The molecule has 0 amide bonds. The second-order valence-electron chi connectivity index (χ2n) is 5.43. The Balaban J connectivity index is 2.35. The molecule has 0 saturated heterocycles. The second-order valence-corrected chi connectivity index (χ2v) is 7.60. The van der Waals surface area contributed by atoms with E-state index in [1.165, 1.54) is 7.11 Å². The van der Waals surface area contributed by atoms with Crippen LogP contribution in [-0.2, 0) is 15.9 Å². The molecule has 0 atom stereocenters. The Labute approximate surface area is 132 Å². The van der Waals surface area contributed by atoms with Gasteiger partial charge in [-0.05, 0) is 42.9 Å². The first kappa shape index (κ1) is 16.6. The highest BCUT2D eigenvalue weighted by Crippen LogP contribution is 2.34. The minimum absolute atomic E-state index is 0.230. The quantitative estimate of drug-likeness (QED) is 0.687. The Bertz CT molecular complexity index is 585. The molecule has 2 rings (SSSR count). The lowest BCUT2D eigenvalue weighted by Crippen LogP contribution is -2.34. The third-order valence-electron chi connectivity index (χ3n) is 3.63. The summed E-state index contributed by atoms with van der Waals surface area (Å²) in [7, 11) is -2.04. The Kier molecular flexibility index (Phi) is 5.52. The zero-order chi connectivity index (χ0) is 15.5. The van der Waals surface area contributed by atoms with E-state index in [9.17, 15) is 8.42 Å². The van der Waals surface area contributed by atoms with E-state index in [2.05, 4.69) is 0 Å². The molecular weight excluding hydrogens is 310 g/mol. The number of nitrogens with zero attached hydrogens (tertiary/aromatic N) is 1. The molecule has 21 heavy (non-hydrogen) atoms. The van der Waals surface area contributed by atoms with Gasteiger partial charge in [-0.2, -0.15) is 4.31 Å². The van der Waals surface area contributed by atoms with Gasteiger partial charge in [0.1, 0.15) is 10.6 Å². The Morgan fingerprint density at radius 3 is 2.62 bits per heavy atom. The van der Waals surface area contributed by atoms with Crippen molar-refractivity contribution in [1.29, 1.82) is 0 Å². The van der Waals surface area contributed by atoms with Gasteiger partial charge >= 0.3 is 0 Å². The Morgan fingerprint density at radius 2 is 2.10 bits per heavy atom. The van der Waals surface area contributed by atoms with Crippen LogP contribution in [0, 0.1) is 5.92 Å². The molecule has 118 valence electrons. The molecular formula is C15H22ClNO3S. The summed E-state index contributed by atoms with van der Waals surface area (Å²) >= 11 is 5.80. The van der Waals surface area contributed by atoms with E-state index in [0.717, 1.165) is 24.8 Å². The maximum absolute atomic E-state index is 12.9. The molecule has 1 fully saturated rings. The summed E-state index contributed by atoms with van der Waals surface area (Å²) < 4.78 is 32.6. The lowest BCUT2D eigenvalue weighted by atomic mass is 10.2. The molecule has 1 aromatic carbocycles. The monoisotopic (exact) mass is 331 g/mol. The molecule has 0 heterocycles. The highest BCUT2D eigenvalue weighted by Gasteiger charge is 2.32. The molecule has 0 N–H and O–H groups in total. The van der Waals surface area contributed by atoms with Crippen LogP contribution < -0.4 is 4.74 Å². The summed E-state index contributed by atoms with van der Waals surface area (Å²) in [5.74, 6) is 1.21. The van der Waals surface area contributed by atoms with Crippen molar-refractivity contribution in [3.63, 3.8) is 0 Å². The van der Waals surface area contributed by atoms with E-state index in [0.29, 0.717) is 30.6 Å². The molecule has 0 radical (unpaired) electrons. The van der Waals surface area contributed by atoms with Gasteiger partial charge in [0.05, 0.1) is 7.11 Å². The van der Waals surface area contributed by atoms with Crippen LogP contribution in [0.2, 0.25) is 0 Å². The second kappa shape index (κ2) is 6.99. The van der Waals surface area contributed by atoms with Crippen LogP contribution in [0.15, 0.2) is 23.1 Å². The summed E-state index contributed by atoms with van der Waals surface area (Å²) in [4.78, 5) is 0.230. The Hall–Kier alpha value is -0.780. The maximum atomic E-state index is 12.9. The standard InChI is InChI=1S/C15H22ClNO3S/c1-3-8-17(11-12-4-5-12)21(18,19)15-7-6-13(10-16)9-14(15)20-2/h6-7,9,12H,3-5,8,10-11H2,1-2H3. The zero-order valence-corrected chi connectivity index (χ0v) is 14.1. The molecule has 0 unspecified atom stereocenters. The summed E-state index contributed by atoms with van der Waals surface area (Å²) in [6.07, 6.45) is 3.05. The van der Waals surface area contributed by atoms with Gasteiger partial charge in [-0.3, -0.25) is 0 Å². The average molecular weight is 332 g/mol. The zero-order valence-electron chi connectivity index (χ0n) is 12.5. The van der Waals surface area contributed by atoms with Crippen molar-refractivity contribution in [1.82, 2.24) is 4.31 Å². The number of sulfonamides is 1. The van der Waals surface area contributed by atoms with Crippen LogP contribution in [0.5, 0.6) is 5.75 Å². The van der Waals surface area contributed by atoms with Crippen molar-refractivity contribution in [2.45, 2.75) is 37.0 Å². The van der Waals surface area contributed by atoms with Crippen LogP contribution >= 0.6 is 11.6 Å². The summed E-state index contributed by atoms with van der Waals surface area (Å²) in [6, 6.07) is 5.03. The van der Waals surface area contributed by atoms with E-state index >= 15 is 0 Å². The molecule has 1 aliphatic rings. The van der Waals surface area contributed by atoms with E-state index in [1.807, 2.05) is 6.92 Å². The highest BCUT2D eigenvalue weighted by molar-refractivity contribution is 7.89. The van der Waals surface area contributed by atoms with Crippen molar-refractivity contribution in [2.24, 2.45) is 5.92 Å². The molecule has 0 aromatic heterocycles. The lowest BCUT2D eigenvalue weighted by molar-refractivity contribution is 0.380. The average Bonchev–Trinajstić information content (AvgIpc) is 3.30. The number of benzene rings is 1. The largest absolute Gasteiger partial charge is 0.495 e. The van der Waals surface area contributed by atoms with Crippen LogP contribution in [0.25, 0.3) is 0 Å². The van der Waals surface area contributed by atoms with Gasteiger partial charge in [0.15, 0.2) is 0 Å². The molecule has 1 aromatic rings. The fourth-order valence-electron chi connectivity index (χ4n) is 2.29. The molecule has 1 saturated carbocycles. The van der Waals surface area contributed by atoms with Crippen molar-refractivity contribution < 1.29 is 13.2 Å². The molecule has 0 spiro atoms. The van der Waals surface area contributed by atoms with Crippen LogP contribution in [-0.4, -0.2) is 32.9 Å². The predicted octanol–water partition coefficient (Wildman–Crippen LogP) is 3.24. The minimum Gasteiger partial charge on any atom is -0.495 e. The predicted molar refractivity (Wildman–Crippen MR) is 84.3 cm³/mol. The number of halogens is 1. The van der Waals surface area contributed by atoms with Gasteiger partial charge < -0.3 is 4.74 Å². The molecule has 4 nitrogen and oxygen atoms in total. The van der Waals surface area contributed by atoms with Crippen LogP contribution in [0.1, 0.15) is 31.7 Å². The Morgan fingerprint density at radius 1 is 1.38 bits per heavy atom. The van der Waals surface area contributed by atoms with E-state index < -0.39 is 10.0 Å². The molecule has 6 heteroatoms. The number of alkyl halides is 1. The normalized spacial score (nSPS) is 15.4. The summed E-state index contributed by atoms with van der Waals surface area (Å²) in [6.45, 7) is 3.14. The van der Waals surface area contributed by atoms with Crippen molar-refractivity contribution in [2.75, 3.05) is 20.2 Å². The van der Waals surface area contributed by atoms with Crippen LogP contribution in [0.3, 0.4) is 0 Å². The molecule has 0 bridgehead atoms. The summed E-state index contributed by atoms with van der Waals surface area (Å²) in [5, 5.41) is 0. The van der Waals surface area contributed by atoms with Gasteiger partial charge in [0, 0.05) is 19.0 Å². The van der Waals surface area contributed by atoms with Gasteiger partial charge in [0.25, 0.3) is 0 Å². The van der Waals surface area contributed by atoms with Gasteiger partial charge in [0.2, 0.25) is 10.0 Å². The smallest absolute Gasteiger partial charge is 0.246 e. The number of hydrogen-bond acceptors (Lipinski definition) is 3. The SMILES string of the molecule is CCCN(CC1CC1)S(=O)(=O)c1ccc(CCl)cc1OC. The van der Waals surface area contributed by atoms with Crippen molar-refractivity contribution in [3.05, 3.63) is 23.8 Å². The summed E-state index contributed by atoms with van der Waals surface area (Å²) in [5.41, 5.74) is 0.844. The van der Waals surface area contributed by atoms with E-state index in [1.54, 1.807) is 22.5 Å². The number of rotatable bonds is 8. The molecule has 0 aliphatic heterocycles. The lowest BCUT2D eigenvalue weighted by Gasteiger charge is -2.22. The van der Waals surface area contributed by atoms with Crippen molar-refractivity contribution >= 4 is 21.6 Å². The number of methoxy groups -OCH3 is 1. The fourth-order valence-corrected chi connectivity index (χ4v) is 4.21. The molecule has 1 aliphatic carbocycles. The fraction of sp³-hybridized carbons (Fsp3) is 0.600. The van der Waals surface area contributed by atoms with Crippen molar-refractivity contribution in [3.8, 4) is 5.75 Å². The van der Waals surface area contributed by atoms with Gasteiger partial charge in [-0.25, -0.2) is 8.42 Å². The number of ether oxygens (including phenoxy) is 1. The van der Waals surface area contributed by atoms with Gasteiger partial charge in [-0.1, -0.05) is 13.0 Å². The van der Waals surface area contributed by atoms with Crippen LogP contribution in [0.4, 0.5) is 0 Å². The van der Waals surface area contributed by atoms with Gasteiger partial charge in [-0.15, -0.1) is 11.6 Å². The minimum atomic E-state index is -3.52.